The summed E-state index contributed by atoms with van der Waals surface area (Å²) in [5, 5.41) is 8.95. The van der Waals surface area contributed by atoms with Crippen molar-refractivity contribution >= 4 is 26.8 Å². The Labute approximate surface area is 157 Å². The molecule has 0 aliphatic carbocycles. The molecule has 1 atom stereocenters. The molecule has 1 aromatic heterocycles. The number of sulfonamides is 1. The predicted molar refractivity (Wildman–Crippen MR) is 105 cm³/mol. The van der Waals surface area contributed by atoms with Crippen molar-refractivity contribution in [2.75, 3.05) is 6.54 Å². The number of aromatic amines is 1. The minimum absolute atomic E-state index is 0.0658. The van der Waals surface area contributed by atoms with Crippen molar-refractivity contribution in [2.45, 2.75) is 23.8 Å². The molecule has 8 heteroatoms. The van der Waals surface area contributed by atoms with Crippen LogP contribution in [0.1, 0.15) is 11.1 Å². The summed E-state index contributed by atoms with van der Waals surface area (Å²) in [7, 11) is -3.69. The Morgan fingerprint density at radius 2 is 1.81 bits per heavy atom. The number of carbonyl (C=O) groups excluding carboxylic acids is 1. The van der Waals surface area contributed by atoms with Crippen molar-refractivity contribution in [1.29, 1.82) is 0 Å². The Hall–Kier alpha value is -2.68. The van der Waals surface area contributed by atoms with Gasteiger partial charge in [-0.1, -0.05) is 30.3 Å². The van der Waals surface area contributed by atoms with Crippen molar-refractivity contribution in [2.24, 2.45) is 10.9 Å². The fraction of sp³-hybridized carbons (Fsp3) is 0.211. The summed E-state index contributed by atoms with van der Waals surface area (Å²) in [5.41, 5.74) is 8.96. The first-order valence-corrected chi connectivity index (χ1v) is 10.1. The maximum atomic E-state index is 12.2. The average molecular weight is 386 g/mol. The van der Waals surface area contributed by atoms with Crippen LogP contribution in [-0.2, 0) is 27.7 Å². The Kier molecular flexibility index (Phi) is 5.59. The summed E-state index contributed by atoms with van der Waals surface area (Å²) in [6, 6.07) is 13.5. The molecule has 0 bridgehead atoms. The van der Waals surface area contributed by atoms with Crippen LogP contribution in [-0.4, -0.2) is 31.9 Å². The van der Waals surface area contributed by atoms with Crippen molar-refractivity contribution in [3.63, 3.8) is 0 Å². The minimum atomic E-state index is -3.69. The number of nitrogens with one attached hydrogen (secondary N) is 2. The molecule has 0 saturated carbocycles. The first-order valence-electron chi connectivity index (χ1n) is 8.54. The highest BCUT2D eigenvalue weighted by Crippen LogP contribution is 2.18. The number of fused-ring (bicyclic) bond motifs is 1. The van der Waals surface area contributed by atoms with Crippen LogP contribution in [0.2, 0.25) is 0 Å². The summed E-state index contributed by atoms with van der Waals surface area (Å²) in [6.07, 6.45) is 2.89. The zero-order chi connectivity index (χ0) is 19.4. The van der Waals surface area contributed by atoms with Crippen LogP contribution >= 0.6 is 0 Å². The number of hydrogen-bond donors (Lipinski definition) is 4. The number of primary sulfonamides is 1. The molecule has 0 aliphatic heterocycles. The zero-order valence-electron chi connectivity index (χ0n) is 14.7. The number of H-pyrrole nitrogens is 1. The Morgan fingerprint density at radius 1 is 1.11 bits per heavy atom. The van der Waals surface area contributed by atoms with E-state index in [1.54, 1.807) is 12.1 Å². The van der Waals surface area contributed by atoms with E-state index in [-0.39, 0.29) is 10.8 Å². The Morgan fingerprint density at radius 3 is 2.52 bits per heavy atom. The molecule has 6 N–H and O–H groups in total. The smallest absolute Gasteiger partial charge is 0.238 e. The van der Waals surface area contributed by atoms with Gasteiger partial charge in [0.1, 0.15) is 0 Å². The molecule has 0 radical (unpaired) electrons. The lowest BCUT2D eigenvalue weighted by atomic mass is 10.0. The largest absolute Gasteiger partial charge is 0.361 e. The molecule has 0 saturated heterocycles. The average Bonchev–Trinajstić information content (AvgIpc) is 3.04. The number of benzene rings is 2. The number of para-hydroxylation sites is 1. The molecule has 0 fully saturated rings. The van der Waals surface area contributed by atoms with E-state index in [9.17, 15) is 13.2 Å². The van der Waals surface area contributed by atoms with Gasteiger partial charge in [0.05, 0.1) is 10.9 Å². The topological polar surface area (TPSA) is 131 Å². The molecule has 2 aromatic carbocycles. The summed E-state index contributed by atoms with van der Waals surface area (Å²) < 4.78 is 22.5. The van der Waals surface area contributed by atoms with Crippen LogP contribution in [0.3, 0.4) is 0 Å². The third-order valence-corrected chi connectivity index (χ3v) is 5.35. The van der Waals surface area contributed by atoms with Crippen LogP contribution in [0.5, 0.6) is 0 Å². The third kappa shape index (κ3) is 4.73. The number of aromatic nitrogens is 1. The zero-order valence-corrected chi connectivity index (χ0v) is 15.5. The van der Waals surface area contributed by atoms with Crippen LogP contribution in [0.25, 0.3) is 10.9 Å². The quantitative estimate of drug-likeness (QED) is 0.483. The number of carbonyl (C=O) groups is 1. The standard InChI is InChI=1S/C19H22N4O3S/c20-17(11-14-12-23-18-4-2-1-3-16(14)18)19(24)22-10-9-13-5-7-15(8-6-13)27(21,25)26/h1-8,12,17,23H,9-11,20H2,(H,22,24)(H2,21,25,26)/t17-/m0/s1. The normalized spacial score (nSPS) is 12.8. The van der Waals surface area contributed by atoms with Crippen LogP contribution in [0, 0.1) is 0 Å². The van der Waals surface area contributed by atoms with Gasteiger partial charge in [0.25, 0.3) is 0 Å². The van der Waals surface area contributed by atoms with Gasteiger partial charge in [-0.2, -0.15) is 0 Å². The van der Waals surface area contributed by atoms with Crippen LogP contribution < -0.4 is 16.2 Å². The van der Waals surface area contributed by atoms with Crippen LogP contribution in [0.4, 0.5) is 0 Å². The molecule has 0 unspecified atom stereocenters. The number of hydrogen-bond acceptors (Lipinski definition) is 4. The first-order chi connectivity index (χ1) is 12.8. The Balaban J connectivity index is 1.51. The fourth-order valence-electron chi connectivity index (χ4n) is 2.94. The molecule has 3 aromatic rings. The van der Waals surface area contributed by atoms with E-state index < -0.39 is 16.1 Å². The van der Waals surface area contributed by atoms with Crippen molar-refractivity contribution in [3.05, 3.63) is 65.9 Å². The van der Waals surface area contributed by atoms with E-state index in [1.807, 2.05) is 30.5 Å². The lowest BCUT2D eigenvalue weighted by molar-refractivity contribution is -0.122. The van der Waals surface area contributed by atoms with Crippen LogP contribution in [0.15, 0.2) is 59.6 Å². The van der Waals surface area contributed by atoms with Gasteiger partial charge < -0.3 is 16.0 Å². The minimum Gasteiger partial charge on any atom is -0.361 e. The van der Waals surface area contributed by atoms with Crippen molar-refractivity contribution < 1.29 is 13.2 Å². The first kappa shape index (κ1) is 19.1. The highest BCUT2D eigenvalue weighted by Gasteiger charge is 2.16. The fourth-order valence-corrected chi connectivity index (χ4v) is 3.45. The molecule has 3 rings (SSSR count). The molecule has 1 amide bonds. The number of nitrogens with two attached hydrogens (primary N) is 2. The molecular weight excluding hydrogens is 364 g/mol. The second kappa shape index (κ2) is 7.91. The van der Waals surface area contributed by atoms with Gasteiger partial charge in [-0.15, -0.1) is 0 Å². The maximum absolute atomic E-state index is 12.2. The second-order valence-corrected chi connectivity index (χ2v) is 7.96. The number of amides is 1. The molecule has 0 aliphatic rings. The SMILES string of the molecule is N[C@@H](Cc1c[nH]c2ccccc12)C(=O)NCCc1ccc(S(N)(=O)=O)cc1. The van der Waals surface area contributed by atoms with Gasteiger partial charge in [0.15, 0.2) is 0 Å². The molecule has 1 heterocycles. The summed E-state index contributed by atoms with van der Waals surface area (Å²) >= 11 is 0. The highest BCUT2D eigenvalue weighted by atomic mass is 32.2. The van der Waals surface area contributed by atoms with Gasteiger partial charge in [0, 0.05) is 23.6 Å². The molecule has 27 heavy (non-hydrogen) atoms. The maximum Gasteiger partial charge on any atom is 0.238 e. The van der Waals surface area contributed by atoms with E-state index in [4.69, 9.17) is 10.9 Å². The lowest BCUT2D eigenvalue weighted by Gasteiger charge is -2.12. The van der Waals surface area contributed by atoms with Gasteiger partial charge in [-0.3, -0.25) is 4.79 Å². The van der Waals surface area contributed by atoms with E-state index in [2.05, 4.69) is 10.3 Å². The second-order valence-electron chi connectivity index (χ2n) is 6.40. The van der Waals surface area contributed by atoms with E-state index in [0.717, 1.165) is 22.0 Å². The summed E-state index contributed by atoms with van der Waals surface area (Å²) in [4.78, 5) is 15.5. The molecule has 7 nitrogen and oxygen atoms in total. The predicted octanol–water partition coefficient (Wildman–Crippen LogP) is 1.04. The molecule has 0 spiro atoms. The van der Waals surface area contributed by atoms with Gasteiger partial charge in [0.2, 0.25) is 15.9 Å². The number of rotatable bonds is 7. The molecule has 142 valence electrons. The van der Waals surface area contributed by atoms with Gasteiger partial charge in [-0.05, 0) is 42.2 Å². The third-order valence-electron chi connectivity index (χ3n) is 4.42. The summed E-state index contributed by atoms with van der Waals surface area (Å²) in [6.45, 7) is 0.412. The highest BCUT2D eigenvalue weighted by molar-refractivity contribution is 7.89. The molecular formula is C19H22N4O3S. The van der Waals surface area contributed by atoms with E-state index >= 15 is 0 Å². The Bertz CT molecular complexity index is 1040. The van der Waals surface area contributed by atoms with E-state index in [0.29, 0.717) is 19.4 Å². The van der Waals surface area contributed by atoms with Crippen molar-refractivity contribution in [1.82, 2.24) is 10.3 Å². The monoisotopic (exact) mass is 386 g/mol. The van der Waals surface area contributed by atoms with Gasteiger partial charge in [-0.25, -0.2) is 13.6 Å². The van der Waals surface area contributed by atoms with Gasteiger partial charge >= 0.3 is 0 Å². The van der Waals surface area contributed by atoms with E-state index in [1.165, 1.54) is 12.1 Å². The summed E-state index contributed by atoms with van der Waals surface area (Å²) in [5.74, 6) is -0.221. The van der Waals surface area contributed by atoms with Crippen molar-refractivity contribution in [3.8, 4) is 0 Å². The lowest BCUT2D eigenvalue weighted by Crippen LogP contribution is -2.42.